The van der Waals surface area contributed by atoms with Gasteiger partial charge in [0.05, 0.1) is 26.8 Å². The molecule has 0 saturated carbocycles. The van der Waals surface area contributed by atoms with Gasteiger partial charge in [0.1, 0.15) is 0 Å². The maximum absolute atomic E-state index is 10.3. The summed E-state index contributed by atoms with van der Waals surface area (Å²) in [7, 11) is 5.77. The van der Waals surface area contributed by atoms with Gasteiger partial charge in [0.15, 0.2) is 0 Å². The number of aliphatic imine (C=N–C) groups is 1. The number of benzene rings is 1. The molecule has 78 valence electrons. The molecule has 0 N–H and O–H groups in total. The lowest BCUT2D eigenvalue weighted by Crippen LogP contribution is -2.40. The summed E-state index contributed by atoms with van der Waals surface area (Å²) in [6, 6.07) is 9.47. The van der Waals surface area contributed by atoms with E-state index in [0.717, 1.165) is 5.69 Å². The standard InChI is InChI=1S/C12H14N2O/c1-14(2,3)12(9-10-15)13-11-7-5-4-6-8-11/h4-8H,1-3H3. The maximum atomic E-state index is 10.3. The first-order valence-corrected chi connectivity index (χ1v) is 4.63. The van der Waals surface area contributed by atoms with Gasteiger partial charge in [-0.2, -0.15) is 4.99 Å². The molecule has 0 fully saturated rings. The van der Waals surface area contributed by atoms with E-state index in [1.54, 1.807) is 6.11 Å². The second-order valence-corrected chi connectivity index (χ2v) is 4.01. The zero-order valence-corrected chi connectivity index (χ0v) is 9.19. The second kappa shape index (κ2) is 4.63. The van der Waals surface area contributed by atoms with Gasteiger partial charge in [-0.25, -0.2) is 0 Å². The second-order valence-electron chi connectivity index (χ2n) is 4.01. The van der Waals surface area contributed by atoms with E-state index in [1.165, 1.54) is 0 Å². The summed E-state index contributed by atoms with van der Waals surface area (Å²) in [5.74, 6) is 3.04. The lowest BCUT2D eigenvalue weighted by molar-refractivity contribution is -0.775. The maximum Gasteiger partial charge on any atom is 0.279 e. The largest absolute Gasteiger partial charge is 0.833 e. The number of hydrogen-bond donors (Lipinski definition) is 0. The van der Waals surface area contributed by atoms with Crippen molar-refractivity contribution in [3.63, 3.8) is 0 Å². The third-order valence-corrected chi connectivity index (χ3v) is 1.79. The van der Waals surface area contributed by atoms with Crippen LogP contribution < -0.4 is 5.11 Å². The van der Waals surface area contributed by atoms with Crippen LogP contribution in [0.2, 0.25) is 0 Å². The lowest BCUT2D eigenvalue weighted by atomic mass is 10.3. The summed E-state index contributed by atoms with van der Waals surface area (Å²) in [4.78, 5) is 4.33. The molecule has 0 atom stereocenters. The van der Waals surface area contributed by atoms with E-state index in [0.29, 0.717) is 10.3 Å². The van der Waals surface area contributed by atoms with E-state index in [2.05, 4.69) is 10.9 Å². The summed E-state index contributed by atoms with van der Waals surface area (Å²) in [5.41, 5.74) is 0.809. The van der Waals surface area contributed by atoms with Crippen molar-refractivity contribution in [1.29, 1.82) is 0 Å². The van der Waals surface area contributed by atoms with Gasteiger partial charge in [-0.3, -0.25) is 4.48 Å². The minimum absolute atomic E-state index is 0.435. The molecule has 0 bridgehead atoms. The Morgan fingerprint density at radius 2 is 1.80 bits per heavy atom. The van der Waals surface area contributed by atoms with Crippen molar-refractivity contribution in [3.8, 4) is 12.0 Å². The Kier molecular flexibility index (Phi) is 3.48. The molecule has 0 heterocycles. The molecule has 1 aromatic rings. The molecule has 1 rings (SSSR count). The Labute approximate surface area is 90.3 Å². The van der Waals surface area contributed by atoms with Crippen molar-refractivity contribution in [1.82, 2.24) is 0 Å². The normalized spacial score (nSPS) is 11.8. The molecular formula is C12H14N2O. The Hall–Kier alpha value is -1.79. The zero-order valence-electron chi connectivity index (χ0n) is 9.19. The Morgan fingerprint density at radius 3 is 2.27 bits per heavy atom. The first kappa shape index (κ1) is 11.3. The minimum atomic E-state index is 0.435. The van der Waals surface area contributed by atoms with E-state index < -0.39 is 0 Å². The van der Waals surface area contributed by atoms with E-state index in [1.807, 2.05) is 51.5 Å². The summed E-state index contributed by atoms with van der Waals surface area (Å²) >= 11 is 0. The fourth-order valence-electron chi connectivity index (χ4n) is 1.02. The quantitative estimate of drug-likeness (QED) is 0.286. The number of para-hydroxylation sites is 1. The number of nitrogens with zero attached hydrogens (tertiary/aromatic N) is 2. The summed E-state index contributed by atoms with van der Waals surface area (Å²) in [5, 5.41) is 10.3. The predicted octanol–water partition coefficient (Wildman–Crippen LogP) is 0.744. The van der Waals surface area contributed by atoms with Crippen LogP contribution in [0.1, 0.15) is 0 Å². The van der Waals surface area contributed by atoms with E-state index in [4.69, 9.17) is 0 Å². The van der Waals surface area contributed by atoms with Gasteiger partial charge in [0.2, 0.25) is 0 Å². The fraction of sp³-hybridized carbons (Fsp3) is 0.250. The van der Waals surface area contributed by atoms with Crippen molar-refractivity contribution < 1.29 is 9.59 Å². The Balaban J connectivity index is 3.09. The molecule has 0 unspecified atom stereocenters. The van der Waals surface area contributed by atoms with Gasteiger partial charge >= 0.3 is 0 Å². The van der Waals surface area contributed by atoms with Gasteiger partial charge in [-0.1, -0.05) is 18.2 Å². The van der Waals surface area contributed by atoms with Crippen LogP contribution in [0.25, 0.3) is 0 Å². The monoisotopic (exact) mass is 202 g/mol. The molecule has 0 aliphatic carbocycles. The van der Waals surface area contributed by atoms with Gasteiger partial charge in [0, 0.05) is 5.92 Å². The summed E-state index contributed by atoms with van der Waals surface area (Å²) in [6.07, 6.45) is 1.65. The van der Waals surface area contributed by atoms with Crippen molar-refractivity contribution in [2.75, 3.05) is 21.1 Å². The molecule has 0 aromatic heterocycles. The van der Waals surface area contributed by atoms with Crippen molar-refractivity contribution in [2.45, 2.75) is 0 Å². The number of amidine groups is 1. The highest BCUT2D eigenvalue weighted by Gasteiger charge is 2.15. The Morgan fingerprint density at radius 1 is 1.20 bits per heavy atom. The highest BCUT2D eigenvalue weighted by atomic mass is 16.2. The average Bonchev–Trinajstić information content (AvgIpc) is 2.17. The molecule has 0 saturated heterocycles. The average molecular weight is 202 g/mol. The molecule has 3 nitrogen and oxygen atoms in total. The molecule has 0 radical (unpaired) electrons. The third kappa shape index (κ3) is 3.45. The smallest absolute Gasteiger partial charge is 0.279 e. The lowest BCUT2D eigenvalue weighted by Gasteiger charge is -2.21. The van der Waals surface area contributed by atoms with E-state index in [9.17, 15) is 5.11 Å². The highest BCUT2D eigenvalue weighted by molar-refractivity contribution is 5.94. The van der Waals surface area contributed by atoms with Crippen LogP contribution in [0.5, 0.6) is 0 Å². The number of hydrogen-bond acceptors (Lipinski definition) is 2. The molecule has 0 aliphatic rings. The van der Waals surface area contributed by atoms with Crippen LogP contribution in [0.15, 0.2) is 35.3 Å². The van der Waals surface area contributed by atoms with E-state index >= 15 is 0 Å². The van der Waals surface area contributed by atoms with Crippen molar-refractivity contribution in [2.24, 2.45) is 4.99 Å². The van der Waals surface area contributed by atoms with Crippen LogP contribution in [0.3, 0.4) is 0 Å². The van der Waals surface area contributed by atoms with Crippen LogP contribution >= 0.6 is 0 Å². The topological polar surface area (TPSA) is 35.4 Å². The van der Waals surface area contributed by atoms with Crippen LogP contribution in [-0.4, -0.2) is 31.5 Å². The number of quaternary nitrogens is 1. The molecule has 0 amide bonds. The molecule has 0 spiro atoms. The van der Waals surface area contributed by atoms with E-state index in [-0.39, 0.29) is 0 Å². The van der Waals surface area contributed by atoms with Crippen LogP contribution in [-0.2, 0) is 0 Å². The first-order valence-electron chi connectivity index (χ1n) is 4.63. The SMILES string of the molecule is C[N+](C)(C)C(C#C[O-])=Nc1ccccc1. The zero-order chi connectivity index (χ0) is 11.3. The van der Waals surface area contributed by atoms with Gasteiger partial charge in [0.25, 0.3) is 5.84 Å². The first-order chi connectivity index (χ1) is 7.04. The highest BCUT2D eigenvalue weighted by Crippen LogP contribution is 2.11. The minimum Gasteiger partial charge on any atom is -0.833 e. The molecule has 0 aliphatic heterocycles. The van der Waals surface area contributed by atoms with Crippen molar-refractivity contribution >= 4 is 11.5 Å². The predicted molar refractivity (Wildman–Crippen MR) is 59.3 cm³/mol. The molecule has 3 heteroatoms. The van der Waals surface area contributed by atoms with Crippen molar-refractivity contribution in [3.05, 3.63) is 30.3 Å². The number of rotatable bonds is 1. The Bertz CT molecular complexity index is 405. The summed E-state index contributed by atoms with van der Waals surface area (Å²) < 4.78 is 0.435. The molecular weight excluding hydrogens is 188 g/mol. The van der Waals surface area contributed by atoms with Gasteiger partial charge in [-0.15, -0.1) is 6.11 Å². The van der Waals surface area contributed by atoms with Crippen LogP contribution in [0.4, 0.5) is 5.69 Å². The van der Waals surface area contributed by atoms with Crippen LogP contribution in [0, 0.1) is 12.0 Å². The van der Waals surface area contributed by atoms with Gasteiger partial charge in [-0.05, 0) is 12.1 Å². The van der Waals surface area contributed by atoms with Gasteiger partial charge < -0.3 is 5.11 Å². The summed E-state index contributed by atoms with van der Waals surface area (Å²) in [6.45, 7) is 0. The molecule has 15 heavy (non-hydrogen) atoms. The fourth-order valence-corrected chi connectivity index (χ4v) is 1.02. The molecule has 1 aromatic carbocycles. The third-order valence-electron chi connectivity index (χ3n) is 1.79.